The number of hydrogen-bond acceptors (Lipinski definition) is 3. The Morgan fingerprint density at radius 3 is 2.76 bits per heavy atom. The number of nitrogens with one attached hydrogen (secondary N) is 2. The predicted molar refractivity (Wildman–Crippen MR) is 74.5 cm³/mol. The zero-order valence-corrected chi connectivity index (χ0v) is 11.7. The average Bonchev–Trinajstić information content (AvgIpc) is 2.82. The molecule has 0 aliphatic rings. The van der Waals surface area contributed by atoms with Gasteiger partial charge in [-0.05, 0) is 26.2 Å². The van der Waals surface area contributed by atoms with Crippen molar-refractivity contribution in [3.05, 3.63) is 24.2 Å². The molecule has 0 saturated carbocycles. The molecule has 0 spiro atoms. The van der Waals surface area contributed by atoms with Crippen molar-refractivity contribution in [3.8, 4) is 0 Å². The second-order valence-corrected chi connectivity index (χ2v) is 5.89. The number of hydrogen-bond donors (Lipinski definition) is 2. The van der Waals surface area contributed by atoms with Crippen molar-refractivity contribution in [2.24, 2.45) is 4.99 Å². The molecule has 1 aromatic rings. The molecule has 1 heterocycles. The molecule has 0 atom stereocenters. The molecule has 0 radical (unpaired) electrons. The number of guanidine groups is 1. The Bertz CT molecular complexity index is 347. The van der Waals surface area contributed by atoms with Gasteiger partial charge in [0.2, 0.25) is 0 Å². The van der Waals surface area contributed by atoms with Crippen molar-refractivity contribution in [2.45, 2.75) is 25.1 Å². The second-order valence-electron chi connectivity index (χ2n) is 4.37. The molecule has 0 amide bonds. The van der Waals surface area contributed by atoms with Gasteiger partial charge in [-0.1, -0.05) is 0 Å². The molecule has 0 aliphatic heterocycles. The van der Waals surface area contributed by atoms with E-state index < -0.39 is 0 Å². The molecule has 4 nitrogen and oxygen atoms in total. The molecule has 0 bridgehead atoms. The fraction of sp³-hybridized carbons (Fsp3) is 0.583. The van der Waals surface area contributed by atoms with E-state index in [1.54, 1.807) is 19.6 Å². The molecule has 0 saturated heterocycles. The summed E-state index contributed by atoms with van der Waals surface area (Å²) < 4.78 is 5.21. The third-order valence-corrected chi connectivity index (χ3v) is 3.75. The van der Waals surface area contributed by atoms with Crippen LogP contribution in [0.1, 0.15) is 19.4 Å². The topological polar surface area (TPSA) is 49.6 Å². The molecule has 2 N–H and O–H groups in total. The van der Waals surface area contributed by atoms with Crippen molar-refractivity contribution in [3.63, 3.8) is 0 Å². The number of rotatable bonds is 5. The molecule has 96 valence electrons. The average molecular weight is 255 g/mol. The first-order valence-electron chi connectivity index (χ1n) is 5.58. The summed E-state index contributed by atoms with van der Waals surface area (Å²) in [5, 5.41) is 6.55. The minimum absolute atomic E-state index is 0.202. The molecule has 1 rings (SSSR count). The van der Waals surface area contributed by atoms with Crippen LogP contribution in [0.5, 0.6) is 0 Å². The molecule has 0 aliphatic carbocycles. The normalized spacial score (nSPS) is 12.6. The van der Waals surface area contributed by atoms with E-state index in [9.17, 15) is 0 Å². The van der Waals surface area contributed by atoms with Crippen molar-refractivity contribution in [1.82, 2.24) is 10.6 Å². The van der Waals surface area contributed by atoms with Gasteiger partial charge in [-0.2, -0.15) is 11.8 Å². The van der Waals surface area contributed by atoms with Crippen LogP contribution in [0.25, 0.3) is 0 Å². The minimum atomic E-state index is 0.202. The molecule has 5 heteroatoms. The quantitative estimate of drug-likeness (QED) is 0.625. The van der Waals surface area contributed by atoms with Crippen LogP contribution in [0.15, 0.2) is 28.0 Å². The summed E-state index contributed by atoms with van der Waals surface area (Å²) in [5.74, 6) is 0.813. The summed E-state index contributed by atoms with van der Waals surface area (Å²) in [7, 11) is 1.77. The number of thioether (sulfide) groups is 1. The molecular formula is C12H21N3OS. The number of furan rings is 1. The van der Waals surface area contributed by atoms with Gasteiger partial charge < -0.3 is 15.1 Å². The lowest BCUT2D eigenvalue weighted by Crippen LogP contribution is -2.42. The van der Waals surface area contributed by atoms with Gasteiger partial charge in [-0.15, -0.1) is 0 Å². The lowest BCUT2D eigenvalue weighted by molar-refractivity contribution is 0.563. The van der Waals surface area contributed by atoms with Crippen molar-refractivity contribution >= 4 is 17.7 Å². The maximum Gasteiger partial charge on any atom is 0.191 e. The zero-order chi connectivity index (χ0) is 12.7. The maximum absolute atomic E-state index is 5.01. The Balaban J connectivity index is 2.35. The van der Waals surface area contributed by atoms with Crippen LogP contribution in [0.3, 0.4) is 0 Å². The van der Waals surface area contributed by atoms with Crippen LogP contribution < -0.4 is 10.6 Å². The SMILES string of the molecule is CN=C(NCc1ccoc1)NCC(C)(C)SC. The van der Waals surface area contributed by atoms with E-state index in [0.717, 1.165) is 24.6 Å². The first-order chi connectivity index (χ1) is 8.07. The third-order valence-electron chi connectivity index (χ3n) is 2.50. The van der Waals surface area contributed by atoms with E-state index in [-0.39, 0.29) is 4.75 Å². The summed E-state index contributed by atoms with van der Waals surface area (Å²) in [6.07, 6.45) is 5.51. The summed E-state index contributed by atoms with van der Waals surface area (Å²) in [4.78, 5) is 4.18. The van der Waals surface area contributed by atoms with Gasteiger partial charge in [-0.25, -0.2) is 0 Å². The Labute approximate surface area is 107 Å². The largest absolute Gasteiger partial charge is 0.472 e. The third kappa shape index (κ3) is 5.17. The van der Waals surface area contributed by atoms with E-state index in [1.807, 2.05) is 17.8 Å². The predicted octanol–water partition coefficient (Wildman–Crippen LogP) is 2.09. The minimum Gasteiger partial charge on any atom is -0.472 e. The molecular weight excluding hydrogens is 234 g/mol. The Morgan fingerprint density at radius 2 is 2.24 bits per heavy atom. The molecule has 1 aromatic heterocycles. The monoisotopic (exact) mass is 255 g/mol. The van der Waals surface area contributed by atoms with Crippen LogP contribution in [-0.4, -0.2) is 30.6 Å². The molecule has 0 unspecified atom stereocenters. The number of nitrogens with zero attached hydrogens (tertiary/aromatic N) is 1. The molecule has 0 fully saturated rings. The van der Waals surface area contributed by atoms with Gasteiger partial charge in [0.1, 0.15) is 0 Å². The Hall–Kier alpha value is -1.10. The smallest absolute Gasteiger partial charge is 0.191 e. The highest BCUT2D eigenvalue weighted by Crippen LogP contribution is 2.19. The van der Waals surface area contributed by atoms with Gasteiger partial charge in [0.25, 0.3) is 0 Å². The van der Waals surface area contributed by atoms with Crippen molar-refractivity contribution in [2.75, 3.05) is 19.8 Å². The van der Waals surface area contributed by atoms with Gasteiger partial charge in [-0.3, -0.25) is 4.99 Å². The fourth-order valence-electron chi connectivity index (χ4n) is 1.17. The van der Waals surface area contributed by atoms with E-state index in [4.69, 9.17) is 4.42 Å². The Kier molecular flexibility index (Phi) is 5.41. The summed E-state index contributed by atoms with van der Waals surface area (Å²) >= 11 is 1.84. The van der Waals surface area contributed by atoms with Crippen LogP contribution in [-0.2, 0) is 6.54 Å². The maximum atomic E-state index is 5.01. The highest BCUT2D eigenvalue weighted by Gasteiger charge is 2.15. The van der Waals surface area contributed by atoms with Crippen molar-refractivity contribution in [1.29, 1.82) is 0 Å². The van der Waals surface area contributed by atoms with Crippen LogP contribution in [0, 0.1) is 0 Å². The van der Waals surface area contributed by atoms with Crippen LogP contribution in [0.4, 0.5) is 0 Å². The van der Waals surface area contributed by atoms with Gasteiger partial charge >= 0.3 is 0 Å². The van der Waals surface area contributed by atoms with Crippen LogP contribution >= 0.6 is 11.8 Å². The summed E-state index contributed by atoms with van der Waals surface area (Å²) in [6, 6.07) is 1.94. The second kappa shape index (κ2) is 6.59. The standard InChI is InChI=1S/C12H21N3OS/c1-12(2,17-4)9-15-11(13-3)14-7-10-5-6-16-8-10/h5-6,8H,7,9H2,1-4H3,(H2,13,14,15). The van der Waals surface area contributed by atoms with E-state index in [2.05, 4.69) is 35.7 Å². The highest BCUT2D eigenvalue weighted by molar-refractivity contribution is 7.99. The van der Waals surface area contributed by atoms with E-state index in [1.165, 1.54) is 0 Å². The zero-order valence-electron chi connectivity index (χ0n) is 10.9. The van der Waals surface area contributed by atoms with Gasteiger partial charge in [0, 0.05) is 30.4 Å². The summed E-state index contributed by atoms with van der Waals surface area (Å²) in [6.45, 7) is 6.00. The fourth-order valence-corrected chi connectivity index (χ4v) is 1.38. The van der Waals surface area contributed by atoms with E-state index in [0.29, 0.717) is 0 Å². The lowest BCUT2D eigenvalue weighted by atomic mass is 10.2. The summed E-state index contributed by atoms with van der Waals surface area (Å²) in [5.41, 5.74) is 1.11. The first kappa shape index (κ1) is 14.0. The van der Waals surface area contributed by atoms with Gasteiger partial charge in [0.15, 0.2) is 5.96 Å². The molecule has 0 aromatic carbocycles. The highest BCUT2D eigenvalue weighted by atomic mass is 32.2. The molecule has 17 heavy (non-hydrogen) atoms. The van der Waals surface area contributed by atoms with Crippen molar-refractivity contribution < 1.29 is 4.42 Å². The number of aliphatic imine (C=N–C) groups is 1. The van der Waals surface area contributed by atoms with E-state index >= 15 is 0 Å². The van der Waals surface area contributed by atoms with Gasteiger partial charge in [0.05, 0.1) is 12.5 Å². The lowest BCUT2D eigenvalue weighted by Gasteiger charge is -2.23. The Morgan fingerprint density at radius 1 is 1.47 bits per heavy atom. The first-order valence-corrected chi connectivity index (χ1v) is 6.80. The van der Waals surface area contributed by atoms with Crippen LogP contribution in [0.2, 0.25) is 0 Å².